The number of nitrogens with zero attached hydrogens (tertiary/aromatic N) is 2. The fourth-order valence-corrected chi connectivity index (χ4v) is 2.64. The molecule has 1 aromatic carbocycles. The lowest BCUT2D eigenvalue weighted by Gasteiger charge is -2.22. The molecule has 0 saturated heterocycles. The fraction of sp³-hybridized carbons (Fsp3) is 0.632. The molecule has 0 radical (unpaired) electrons. The Hall–Kier alpha value is -1.75. The van der Waals surface area contributed by atoms with E-state index in [-0.39, 0.29) is 0 Å². The number of hydrogen-bond acceptors (Lipinski definition) is 3. The third kappa shape index (κ3) is 6.04. The lowest BCUT2D eigenvalue weighted by Crippen LogP contribution is -2.41. The van der Waals surface area contributed by atoms with Crippen molar-refractivity contribution in [2.24, 2.45) is 10.9 Å². The van der Waals surface area contributed by atoms with Gasteiger partial charge >= 0.3 is 0 Å². The van der Waals surface area contributed by atoms with E-state index in [0.717, 1.165) is 50.4 Å². The van der Waals surface area contributed by atoms with Gasteiger partial charge in [-0.25, -0.2) is 0 Å². The number of hydrogen-bond donors (Lipinski definition) is 1. The second kappa shape index (κ2) is 9.52. The first-order valence-corrected chi connectivity index (χ1v) is 8.77. The summed E-state index contributed by atoms with van der Waals surface area (Å²) in [5, 5.41) is 3.42. The molecule has 0 atom stereocenters. The number of aryl methyl sites for hydroxylation is 1. The van der Waals surface area contributed by atoms with E-state index in [1.165, 1.54) is 24.0 Å². The van der Waals surface area contributed by atoms with Crippen molar-refractivity contribution in [3.63, 3.8) is 0 Å². The number of guanidine groups is 1. The molecule has 0 amide bonds. The van der Waals surface area contributed by atoms with Gasteiger partial charge in [0.05, 0.1) is 13.7 Å². The predicted octanol–water partition coefficient (Wildman–Crippen LogP) is 2.48. The van der Waals surface area contributed by atoms with Gasteiger partial charge in [0.1, 0.15) is 5.75 Å². The SMILES string of the molecule is CN=C(NCCc1cc(C)ccc1OC)N(C)CCOCC1CC1. The van der Waals surface area contributed by atoms with Crippen LogP contribution in [0.3, 0.4) is 0 Å². The van der Waals surface area contributed by atoms with Gasteiger partial charge in [-0.3, -0.25) is 4.99 Å². The minimum atomic E-state index is 0.749. The molecule has 0 spiro atoms. The molecule has 0 unspecified atom stereocenters. The Morgan fingerprint density at radius 1 is 1.38 bits per heavy atom. The molecule has 24 heavy (non-hydrogen) atoms. The maximum absolute atomic E-state index is 5.70. The normalized spacial score (nSPS) is 14.6. The molecule has 0 bridgehead atoms. The van der Waals surface area contributed by atoms with E-state index in [2.05, 4.69) is 34.3 Å². The van der Waals surface area contributed by atoms with Crippen LogP contribution in [0, 0.1) is 12.8 Å². The van der Waals surface area contributed by atoms with Crippen molar-refractivity contribution >= 4 is 5.96 Å². The molecule has 5 heteroatoms. The summed E-state index contributed by atoms with van der Waals surface area (Å²) in [7, 11) is 5.58. The van der Waals surface area contributed by atoms with E-state index in [1.54, 1.807) is 7.11 Å². The smallest absolute Gasteiger partial charge is 0.193 e. The maximum atomic E-state index is 5.70. The number of aliphatic imine (C=N–C) groups is 1. The summed E-state index contributed by atoms with van der Waals surface area (Å²) in [6.07, 6.45) is 3.57. The molecule has 0 heterocycles. The lowest BCUT2D eigenvalue weighted by atomic mass is 10.1. The van der Waals surface area contributed by atoms with Crippen LogP contribution in [0.15, 0.2) is 23.2 Å². The Bertz CT molecular complexity index is 541. The van der Waals surface area contributed by atoms with Crippen molar-refractivity contribution < 1.29 is 9.47 Å². The number of benzene rings is 1. The summed E-state index contributed by atoms with van der Waals surface area (Å²) >= 11 is 0. The first-order chi connectivity index (χ1) is 11.6. The van der Waals surface area contributed by atoms with E-state index < -0.39 is 0 Å². The molecule has 1 aliphatic carbocycles. The van der Waals surface area contributed by atoms with Gasteiger partial charge in [0.25, 0.3) is 0 Å². The molecule has 2 rings (SSSR count). The molecule has 1 N–H and O–H groups in total. The zero-order valence-corrected chi connectivity index (χ0v) is 15.5. The molecular formula is C19H31N3O2. The molecule has 1 fully saturated rings. The highest BCUT2D eigenvalue weighted by Gasteiger charge is 2.21. The topological polar surface area (TPSA) is 46.1 Å². The molecule has 1 aliphatic rings. The van der Waals surface area contributed by atoms with E-state index in [1.807, 2.05) is 20.2 Å². The van der Waals surface area contributed by atoms with Crippen LogP contribution < -0.4 is 10.1 Å². The maximum Gasteiger partial charge on any atom is 0.193 e. The number of likely N-dealkylation sites (N-methyl/N-ethyl adjacent to an activating group) is 1. The first kappa shape index (κ1) is 18.6. The van der Waals surface area contributed by atoms with E-state index >= 15 is 0 Å². The highest BCUT2D eigenvalue weighted by Crippen LogP contribution is 2.28. The first-order valence-electron chi connectivity index (χ1n) is 8.77. The van der Waals surface area contributed by atoms with Crippen LogP contribution in [0.5, 0.6) is 5.75 Å². The van der Waals surface area contributed by atoms with Gasteiger partial charge in [-0.15, -0.1) is 0 Å². The summed E-state index contributed by atoms with van der Waals surface area (Å²) in [5.74, 6) is 2.66. The molecule has 1 aromatic rings. The average Bonchev–Trinajstić information content (AvgIpc) is 3.40. The van der Waals surface area contributed by atoms with Crippen LogP contribution >= 0.6 is 0 Å². The second-order valence-corrected chi connectivity index (χ2v) is 6.48. The highest BCUT2D eigenvalue weighted by atomic mass is 16.5. The van der Waals surface area contributed by atoms with E-state index in [4.69, 9.17) is 9.47 Å². The molecule has 1 saturated carbocycles. The summed E-state index contributed by atoms with van der Waals surface area (Å²) in [6.45, 7) is 5.43. The van der Waals surface area contributed by atoms with Crippen LogP contribution in [-0.2, 0) is 11.2 Å². The number of ether oxygens (including phenoxy) is 2. The average molecular weight is 333 g/mol. The third-order valence-electron chi connectivity index (χ3n) is 4.31. The number of nitrogens with one attached hydrogen (secondary N) is 1. The predicted molar refractivity (Wildman–Crippen MR) is 99.0 cm³/mol. The Morgan fingerprint density at radius 2 is 2.17 bits per heavy atom. The summed E-state index contributed by atoms with van der Waals surface area (Å²) in [6, 6.07) is 6.28. The van der Waals surface area contributed by atoms with Crippen molar-refractivity contribution in [2.75, 3.05) is 47.5 Å². The van der Waals surface area contributed by atoms with Gasteiger partial charge in [0.2, 0.25) is 0 Å². The van der Waals surface area contributed by atoms with Crippen LogP contribution in [0.2, 0.25) is 0 Å². The van der Waals surface area contributed by atoms with Crippen LogP contribution in [-0.4, -0.2) is 58.4 Å². The standard InChI is InChI=1S/C19H31N3O2/c1-15-5-8-18(23-4)17(13-15)9-10-21-19(20-2)22(3)11-12-24-14-16-6-7-16/h5,8,13,16H,6-7,9-12,14H2,1-4H3,(H,20,21). The third-order valence-corrected chi connectivity index (χ3v) is 4.31. The zero-order chi connectivity index (χ0) is 17.4. The van der Waals surface area contributed by atoms with Crippen LogP contribution in [0.25, 0.3) is 0 Å². The largest absolute Gasteiger partial charge is 0.496 e. The van der Waals surface area contributed by atoms with Gasteiger partial charge in [-0.2, -0.15) is 0 Å². The molecule has 0 aromatic heterocycles. The molecular weight excluding hydrogens is 302 g/mol. The Kier molecular flexibility index (Phi) is 7.37. The second-order valence-electron chi connectivity index (χ2n) is 6.48. The number of methoxy groups -OCH3 is 1. The Morgan fingerprint density at radius 3 is 2.83 bits per heavy atom. The van der Waals surface area contributed by atoms with Crippen LogP contribution in [0.1, 0.15) is 24.0 Å². The molecule has 0 aliphatic heterocycles. The van der Waals surface area contributed by atoms with E-state index in [0.29, 0.717) is 0 Å². The summed E-state index contributed by atoms with van der Waals surface area (Å²) in [5.41, 5.74) is 2.47. The number of rotatable bonds is 9. The van der Waals surface area contributed by atoms with Crippen molar-refractivity contribution in [1.82, 2.24) is 10.2 Å². The van der Waals surface area contributed by atoms with Crippen LogP contribution in [0.4, 0.5) is 0 Å². The summed E-state index contributed by atoms with van der Waals surface area (Å²) < 4.78 is 11.1. The van der Waals surface area contributed by atoms with Crippen molar-refractivity contribution in [1.29, 1.82) is 0 Å². The molecule has 5 nitrogen and oxygen atoms in total. The van der Waals surface area contributed by atoms with Gasteiger partial charge in [0, 0.05) is 33.8 Å². The van der Waals surface area contributed by atoms with Gasteiger partial charge in [-0.05, 0) is 43.7 Å². The molecule has 134 valence electrons. The van der Waals surface area contributed by atoms with Gasteiger partial charge in [0.15, 0.2) is 5.96 Å². The van der Waals surface area contributed by atoms with Crippen molar-refractivity contribution in [2.45, 2.75) is 26.2 Å². The Labute approximate surface area is 146 Å². The monoisotopic (exact) mass is 333 g/mol. The van der Waals surface area contributed by atoms with Crippen molar-refractivity contribution in [3.8, 4) is 5.75 Å². The van der Waals surface area contributed by atoms with E-state index in [9.17, 15) is 0 Å². The minimum Gasteiger partial charge on any atom is -0.496 e. The van der Waals surface area contributed by atoms with Gasteiger partial charge < -0.3 is 19.7 Å². The quantitative estimate of drug-likeness (QED) is 0.428. The Balaban J connectivity index is 1.73. The highest BCUT2D eigenvalue weighted by molar-refractivity contribution is 5.79. The lowest BCUT2D eigenvalue weighted by molar-refractivity contribution is 0.115. The fourth-order valence-electron chi connectivity index (χ4n) is 2.64. The summed E-state index contributed by atoms with van der Waals surface area (Å²) in [4.78, 5) is 6.46. The zero-order valence-electron chi connectivity index (χ0n) is 15.5. The van der Waals surface area contributed by atoms with Gasteiger partial charge in [-0.1, -0.05) is 17.7 Å². The minimum absolute atomic E-state index is 0.749. The van der Waals surface area contributed by atoms with Crippen molar-refractivity contribution in [3.05, 3.63) is 29.3 Å².